The molecular formula is C17H17Cl2N5O3S. The molecule has 2 aromatic heterocycles. The van der Waals surface area contributed by atoms with Gasteiger partial charge in [-0.05, 0) is 44.2 Å². The first-order valence-electron chi connectivity index (χ1n) is 8.24. The van der Waals surface area contributed by atoms with E-state index in [1.807, 2.05) is 19.9 Å². The van der Waals surface area contributed by atoms with Gasteiger partial charge in [0.25, 0.3) is 5.56 Å². The van der Waals surface area contributed by atoms with E-state index in [0.29, 0.717) is 5.82 Å². The highest BCUT2D eigenvalue weighted by molar-refractivity contribution is 7.89. The second-order valence-corrected chi connectivity index (χ2v) is 8.64. The molecule has 1 N–H and O–H groups in total. The number of hydrogen-bond donors (Lipinski definition) is 1. The van der Waals surface area contributed by atoms with Crippen molar-refractivity contribution in [3.05, 3.63) is 68.2 Å². The fourth-order valence-corrected chi connectivity index (χ4v) is 4.40. The summed E-state index contributed by atoms with van der Waals surface area (Å²) in [7, 11) is -3.89. The number of halogens is 2. The Morgan fingerprint density at radius 3 is 2.50 bits per heavy atom. The summed E-state index contributed by atoms with van der Waals surface area (Å²) in [5, 5.41) is 8.90. The van der Waals surface area contributed by atoms with E-state index in [0.717, 1.165) is 11.4 Å². The van der Waals surface area contributed by atoms with Crippen molar-refractivity contribution in [1.29, 1.82) is 0 Å². The van der Waals surface area contributed by atoms with Gasteiger partial charge in [0.2, 0.25) is 10.0 Å². The van der Waals surface area contributed by atoms with Crippen molar-refractivity contribution in [1.82, 2.24) is 24.3 Å². The average molecular weight is 442 g/mol. The zero-order valence-electron chi connectivity index (χ0n) is 15.1. The Hall–Kier alpha value is -2.20. The second kappa shape index (κ2) is 8.04. The molecule has 0 amide bonds. The number of aryl methyl sites for hydroxylation is 2. The van der Waals surface area contributed by atoms with Crippen molar-refractivity contribution in [2.75, 3.05) is 6.54 Å². The summed E-state index contributed by atoms with van der Waals surface area (Å²) < 4.78 is 30.1. The smallest absolute Gasteiger partial charge is 0.266 e. The summed E-state index contributed by atoms with van der Waals surface area (Å²) in [6.45, 7) is 3.71. The molecule has 3 rings (SSSR count). The highest BCUT2D eigenvalue weighted by Crippen LogP contribution is 2.24. The third-order valence-electron chi connectivity index (χ3n) is 3.88. The van der Waals surface area contributed by atoms with Gasteiger partial charge in [-0.3, -0.25) is 4.79 Å². The van der Waals surface area contributed by atoms with Gasteiger partial charge in [0.05, 0.1) is 17.3 Å². The van der Waals surface area contributed by atoms with E-state index in [1.54, 1.807) is 10.7 Å². The second-order valence-electron chi connectivity index (χ2n) is 6.06. The van der Waals surface area contributed by atoms with E-state index >= 15 is 0 Å². The molecule has 8 nitrogen and oxygen atoms in total. The zero-order valence-corrected chi connectivity index (χ0v) is 17.4. The molecular weight excluding hydrogens is 425 g/mol. The van der Waals surface area contributed by atoms with E-state index in [1.165, 1.54) is 28.9 Å². The van der Waals surface area contributed by atoms with E-state index in [2.05, 4.69) is 14.9 Å². The van der Waals surface area contributed by atoms with Crippen molar-refractivity contribution in [3.8, 4) is 5.82 Å². The van der Waals surface area contributed by atoms with Crippen molar-refractivity contribution in [2.24, 2.45) is 0 Å². The fourth-order valence-electron chi connectivity index (χ4n) is 2.62. The predicted molar refractivity (Wildman–Crippen MR) is 107 cm³/mol. The molecule has 0 spiro atoms. The summed E-state index contributed by atoms with van der Waals surface area (Å²) in [6, 6.07) is 8.98. The zero-order chi connectivity index (χ0) is 20.5. The summed E-state index contributed by atoms with van der Waals surface area (Å²) in [4.78, 5) is 11.9. The molecule has 148 valence electrons. The molecule has 0 atom stereocenters. The molecule has 28 heavy (non-hydrogen) atoms. The lowest BCUT2D eigenvalue weighted by molar-refractivity contribution is 0.541. The molecule has 0 aliphatic rings. The van der Waals surface area contributed by atoms with Crippen LogP contribution in [0.15, 0.2) is 46.1 Å². The van der Waals surface area contributed by atoms with Crippen LogP contribution in [-0.4, -0.2) is 34.5 Å². The topological polar surface area (TPSA) is 98.9 Å². The number of nitrogens with one attached hydrogen (secondary N) is 1. The SMILES string of the molecule is Cc1cc(C)n(-c2ccc(=O)n(CCNS(=O)(=O)c3cc(Cl)ccc3Cl)n2)n1. The normalized spacial score (nSPS) is 11.7. The highest BCUT2D eigenvalue weighted by Gasteiger charge is 2.18. The molecule has 0 aliphatic carbocycles. The Kier molecular flexibility index (Phi) is 5.90. The Balaban J connectivity index is 1.78. The standard InChI is InChI=1S/C17H17Cl2N5O3S/c1-11-9-12(2)24(21-11)16-5-6-17(25)23(22-16)8-7-20-28(26,27)15-10-13(18)3-4-14(15)19/h3-6,9-10,20H,7-8H2,1-2H3. The Labute approximate surface area is 171 Å². The van der Waals surface area contributed by atoms with Crippen molar-refractivity contribution >= 4 is 33.2 Å². The molecule has 1 aromatic carbocycles. The van der Waals surface area contributed by atoms with Crippen molar-refractivity contribution in [3.63, 3.8) is 0 Å². The van der Waals surface area contributed by atoms with Gasteiger partial charge in [-0.1, -0.05) is 23.2 Å². The van der Waals surface area contributed by atoms with Gasteiger partial charge in [-0.25, -0.2) is 22.5 Å². The largest absolute Gasteiger partial charge is 0.268 e. The van der Waals surface area contributed by atoms with Gasteiger partial charge in [0, 0.05) is 23.3 Å². The van der Waals surface area contributed by atoms with Crippen LogP contribution in [0.4, 0.5) is 0 Å². The summed E-state index contributed by atoms with van der Waals surface area (Å²) in [5.41, 5.74) is 1.33. The van der Waals surface area contributed by atoms with Gasteiger partial charge in [-0.15, -0.1) is 5.10 Å². The number of nitrogens with zero attached hydrogens (tertiary/aromatic N) is 4. The third-order valence-corrected chi connectivity index (χ3v) is 6.06. The van der Waals surface area contributed by atoms with Crippen LogP contribution >= 0.6 is 23.2 Å². The van der Waals surface area contributed by atoms with Crippen LogP contribution in [0, 0.1) is 13.8 Å². The minimum atomic E-state index is -3.89. The molecule has 0 unspecified atom stereocenters. The Morgan fingerprint density at radius 1 is 1.07 bits per heavy atom. The van der Waals surface area contributed by atoms with Crippen LogP contribution in [0.3, 0.4) is 0 Å². The monoisotopic (exact) mass is 441 g/mol. The number of hydrogen-bond acceptors (Lipinski definition) is 5. The molecule has 11 heteroatoms. The lowest BCUT2D eigenvalue weighted by atomic mass is 10.4. The van der Waals surface area contributed by atoms with Gasteiger partial charge < -0.3 is 0 Å². The number of aromatic nitrogens is 4. The van der Waals surface area contributed by atoms with Gasteiger partial charge in [0.1, 0.15) is 4.90 Å². The minimum absolute atomic E-state index is 0.0311. The maximum atomic E-state index is 12.4. The summed E-state index contributed by atoms with van der Waals surface area (Å²) >= 11 is 11.8. The van der Waals surface area contributed by atoms with Gasteiger partial charge in [-0.2, -0.15) is 5.10 Å². The minimum Gasteiger partial charge on any atom is -0.268 e. The lowest BCUT2D eigenvalue weighted by Gasteiger charge is -2.10. The van der Waals surface area contributed by atoms with E-state index in [-0.39, 0.29) is 33.6 Å². The van der Waals surface area contributed by atoms with Crippen LogP contribution in [0.25, 0.3) is 5.82 Å². The van der Waals surface area contributed by atoms with E-state index in [4.69, 9.17) is 23.2 Å². The molecule has 0 fully saturated rings. The molecule has 0 aliphatic heterocycles. The van der Waals surface area contributed by atoms with Crippen LogP contribution in [0.1, 0.15) is 11.4 Å². The van der Waals surface area contributed by atoms with Crippen molar-refractivity contribution < 1.29 is 8.42 Å². The van der Waals surface area contributed by atoms with Crippen LogP contribution < -0.4 is 10.3 Å². The number of rotatable bonds is 6. The Bertz CT molecular complexity index is 1190. The fraction of sp³-hybridized carbons (Fsp3) is 0.235. The first-order chi connectivity index (χ1) is 13.2. The average Bonchev–Trinajstić information content (AvgIpc) is 2.97. The van der Waals surface area contributed by atoms with E-state index < -0.39 is 10.0 Å². The Morgan fingerprint density at radius 2 is 1.82 bits per heavy atom. The van der Waals surface area contributed by atoms with Gasteiger partial charge in [0.15, 0.2) is 5.82 Å². The molecule has 2 heterocycles. The molecule has 3 aromatic rings. The first-order valence-corrected chi connectivity index (χ1v) is 10.5. The van der Waals surface area contributed by atoms with E-state index in [9.17, 15) is 13.2 Å². The summed E-state index contributed by atoms with van der Waals surface area (Å²) in [5.74, 6) is 0.464. The maximum Gasteiger partial charge on any atom is 0.266 e. The molecule has 0 saturated heterocycles. The van der Waals surface area contributed by atoms with Crippen molar-refractivity contribution in [2.45, 2.75) is 25.3 Å². The first kappa shape index (κ1) is 20.5. The van der Waals surface area contributed by atoms with Crippen LogP contribution in [-0.2, 0) is 16.6 Å². The number of benzene rings is 1. The van der Waals surface area contributed by atoms with Crippen LogP contribution in [0.5, 0.6) is 0 Å². The summed E-state index contributed by atoms with van der Waals surface area (Å²) in [6.07, 6.45) is 0. The van der Waals surface area contributed by atoms with Crippen LogP contribution in [0.2, 0.25) is 10.0 Å². The quantitative estimate of drug-likeness (QED) is 0.632. The number of sulfonamides is 1. The third kappa shape index (κ3) is 4.44. The van der Waals surface area contributed by atoms with Gasteiger partial charge >= 0.3 is 0 Å². The molecule has 0 radical (unpaired) electrons. The maximum absolute atomic E-state index is 12.4. The predicted octanol–water partition coefficient (Wildman–Crippen LogP) is 2.33. The molecule has 0 bridgehead atoms. The lowest BCUT2D eigenvalue weighted by Crippen LogP contribution is -2.32. The molecule has 0 saturated carbocycles. The highest BCUT2D eigenvalue weighted by atomic mass is 35.5.